The summed E-state index contributed by atoms with van der Waals surface area (Å²) < 4.78 is 32.4. The number of fused-ring (bicyclic) bond motifs is 2. The van der Waals surface area contributed by atoms with Gasteiger partial charge in [-0.2, -0.15) is 9.97 Å². The first kappa shape index (κ1) is 31.1. The fourth-order valence-electron chi connectivity index (χ4n) is 6.98. The molecule has 4 heterocycles. The number of benzene rings is 3. The van der Waals surface area contributed by atoms with Crippen LogP contribution < -0.4 is 14.8 Å². The van der Waals surface area contributed by atoms with E-state index >= 15 is 0 Å². The molecule has 0 radical (unpaired) electrons. The van der Waals surface area contributed by atoms with E-state index in [1.807, 2.05) is 92.9 Å². The first-order valence-electron chi connectivity index (χ1n) is 15.8. The second-order valence-electron chi connectivity index (χ2n) is 12.4. The minimum atomic E-state index is -0.935. The molecule has 0 spiro atoms. The van der Waals surface area contributed by atoms with Crippen molar-refractivity contribution in [2.75, 3.05) is 25.6 Å². The van der Waals surface area contributed by atoms with Crippen molar-refractivity contribution in [2.45, 2.75) is 63.1 Å². The summed E-state index contributed by atoms with van der Waals surface area (Å²) in [5, 5.41) is 14.0. The van der Waals surface area contributed by atoms with E-state index < -0.39 is 35.4 Å². The number of nitrogens with one attached hydrogen (secondary N) is 1. The normalized spacial score (nSPS) is 23.5. The number of rotatable bonds is 10. The molecule has 2 saturated heterocycles. The van der Waals surface area contributed by atoms with Gasteiger partial charge in [-0.3, -0.25) is 4.57 Å². The zero-order valence-electron chi connectivity index (χ0n) is 27.1. The number of aromatic nitrogens is 4. The van der Waals surface area contributed by atoms with Gasteiger partial charge in [0.2, 0.25) is 11.8 Å². The highest BCUT2D eigenvalue weighted by Gasteiger charge is 2.64. The summed E-state index contributed by atoms with van der Waals surface area (Å²) >= 11 is 0. The van der Waals surface area contributed by atoms with Crippen LogP contribution in [-0.4, -0.2) is 68.5 Å². The molecule has 0 unspecified atom stereocenters. The van der Waals surface area contributed by atoms with Gasteiger partial charge in [-0.15, -0.1) is 0 Å². The second kappa shape index (κ2) is 11.9. The van der Waals surface area contributed by atoms with Crippen LogP contribution >= 0.6 is 0 Å². The lowest BCUT2D eigenvalue weighted by atomic mass is 9.77. The van der Waals surface area contributed by atoms with E-state index in [4.69, 9.17) is 33.7 Å². The van der Waals surface area contributed by atoms with Crippen LogP contribution in [0.15, 0.2) is 91.3 Å². The van der Waals surface area contributed by atoms with Crippen molar-refractivity contribution in [3.05, 3.63) is 108 Å². The molecule has 11 heteroatoms. The fourth-order valence-corrected chi connectivity index (χ4v) is 6.98. The molecule has 3 aromatic carbocycles. The van der Waals surface area contributed by atoms with Crippen LogP contribution in [0.2, 0.25) is 0 Å². The minimum Gasteiger partial charge on any atom is -0.497 e. The van der Waals surface area contributed by atoms with Gasteiger partial charge in [0.05, 0.1) is 26.7 Å². The summed E-state index contributed by atoms with van der Waals surface area (Å²) in [5.74, 6) is 0.515. The largest absolute Gasteiger partial charge is 0.497 e. The van der Waals surface area contributed by atoms with E-state index in [2.05, 4.69) is 34.6 Å². The summed E-state index contributed by atoms with van der Waals surface area (Å²) in [6, 6.07) is 28.3. The number of ether oxygens (including phenoxy) is 5. The second-order valence-corrected chi connectivity index (χ2v) is 12.4. The van der Waals surface area contributed by atoms with Crippen LogP contribution in [0.1, 0.15) is 50.6 Å². The predicted molar refractivity (Wildman–Crippen MR) is 175 cm³/mol. The Morgan fingerprint density at radius 2 is 1.55 bits per heavy atom. The maximum Gasteiger partial charge on any atom is 0.247 e. The topological polar surface area (TPSA) is 122 Å². The Bertz CT molecular complexity index is 1810. The molecule has 2 N–H and O–H groups in total. The van der Waals surface area contributed by atoms with Gasteiger partial charge in [0.15, 0.2) is 23.2 Å². The molecule has 244 valence electrons. The monoisotopic (exact) mass is 637 g/mol. The summed E-state index contributed by atoms with van der Waals surface area (Å²) in [4.78, 5) is 14.6. The number of methoxy groups -OCH3 is 1. The van der Waals surface area contributed by atoms with Crippen molar-refractivity contribution >= 4 is 17.1 Å². The van der Waals surface area contributed by atoms with Gasteiger partial charge in [0, 0.05) is 0 Å². The van der Waals surface area contributed by atoms with Gasteiger partial charge in [-0.1, -0.05) is 72.8 Å². The number of imidazole rings is 1. The first-order chi connectivity index (χ1) is 22.7. The van der Waals surface area contributed by atoms with E-state index in [1.165, 1.54) is 0 Å². The van der Waals surface area contributed by atoms with Crippen molar-refractivity contribution in [1.29, 1.82) is 0 Å². The van der Waals surface area contributed by atoms with Gasteiger partial charge < -0.3 is 34.1 Å². The van der Waals surface area contributed by atoms with Crippen LogP contribution in [0.4, 0.5) is 5.95 Å². The fraction of sp³-hybridized carbons (Fsp3) is 0.361. The molecule has 5 aromatic rings. The third-order valence-electron chi connectivity index (χ3n) is 8.91. The van der Waals surface area contributed by atoms with Crippen molar-refractivity contribution in [1.82, 2.24) is 19.5 Å². The highest BCUT2D eigenvalue weighted by atomic mass is 16.8. The number of nitrogens with zero attached hydrogens (tertiary/aromatic N) is 4. The van der Waals surface area contributed by atoms with Crippen molar-refractivity contribution in [3.8, 4) is 11.6 Å². The molecule has 2 fully saturated rings. The van der Waals surface area contributed by atoms with Crippen LogP contribution in [0, 0.1) is 0 Å². The maximum atomic E-state index is 10.2. The lowest BCUT2D eigenvalue weighted by molar-refractivity contribution is -0.217. The Hall–Kier alpha value is -4.55. The van der Waals surface area contributed by atoms with E-state index in [9.17, 15) is 5.11 Å². The van der Waals surface area contributed by atoms with Crippen LogP contribution in [0.25, 0.3) is 11.2 Å². The van der Waals surface area contributed by atoms with Crippen LogP contribution in [0.3, 0.4) is 0 Å². The van der Waals surface area contributed by atoms with Crippen LogP contribution in [-0.2, 0) is 19.7 Å². The smallest absolute Gasteiger partial charge is 0.247 e. The molecule has 2 aliphatic rings. The number of hydrogen-bond donors (Lipinski definition) is 2. The standard InChI is InChI=1S/C36H39N5O6/c1-6-44-31-28-30(41(22-37-28)32-35(4)29(27(21-42)45-32)46-34(2,3)47-35)38-33(39-31)40-36(23-13-9-7-10-14-23,24-15-11-8-12-16-24)25-17-19-26(43-5)20-18-25/h7-20,22,27,29,32,42H,6,21H2,1-5H3,(H,38,39,40)/t27-,29-,32-,35-/m1/s1. The lowest BCUT2D eigenvalue weighted by Gasteiger charge is -2.37. The minimum absolute atomic E-state index is 0.229. The van der Waals surface area contributed by atoms with Gasteiger partial charge in [-0.05, 0) is 56.5 Å². The Kier molecular flexibility index (Phi) is 7.88. The number of hydrogen-bond acceptors (Lipinski definition) is 10. The molecule has 0 bridgehead atoms. The number of anilines is 1. The SMILES string of the molecule is CCOc1nc(NC(c2ccccc2)(c2ccccc2)c2ccc(OC)cc2)nc2c1ncn2[C@@H]1O[C@H](CO)[C@H]2OC(C)(C)O[C@]21C. The lowest BCUT2D eigenvalue weighted by Crippen LogP contribution is -2.42. The van der Waals surface area contributed by atoms with Gasteiger partial charge in [0.25, 0.3) is 0 Å². The average molecular weight is 638 g/mol. The summed E-state index contributed by atoms with van der Waals surface area (Å²) in [7, 11) is 1.65. The van der Waals surface area contributed by atoms with Gasteiger partial charge in [0.1, 0.15) is 29.1 Å². The average Bonchev–Trinajstić information content (AvgIpc) is 3.70. The molecule has 0 aliphatic carbocycles. The highest BCUT2D eigenvalue weighted by Crippen LogP contribution is 2.51. The summed E-state index contributed by atoms with van der Waals surface area (Å²) in [6.07, 6.45) is -0.162. The summed E-state index contributed by atoms with van der Waals surface area (Å²) in [5.41, 5.74) is 2.00. The molecule has 7 rings (SSSR count). The van der Waals surface area contributed by atoms with Gasteiger partial charge >= 0.3 is 0 Å². The third-order valence-corrected chi connectivity index (χ3v) is 8.91. The van der Waals surface area contributed by atoms with Gasteiger partial charge in [-0.25, -0.2) is 4.98 Å². The molecular weight excluding hydrogens is 598 g/mol. The van der Waals surface area contributed by atoms with E-state index in [0.717, 1.165) is 22.4 Å². The van der Waals surface area contributed by atoms with Crippen molar-refractivity contribution in [3.63, 3.8) is 0 Å². The molecule has 0 saturated carbocycles. The quantitative estimate of drug-likeness (QED) is 0.192. The molecular formula is C36H39N5O6. The molecule has 2 aliphatic heterocycles. The third kappa shape index (κ3) is 5.19. The van der Waals surface area contributed by atoms with Crippen molar-refractivity contribution in [2.24, 2.45) is 0 Å². The maximum absolute atomic E-state index is 10.2. The molecule has 2 aromatic heterocycles. The van der Waals surface area contributed by atoms with E-state index in [1.54, 1.807) is 13.4 Å². The Balaban J connectivity index is 1.42. The first-order valence-corrected chi connectivity index (χ1v) is 15.8. The zero-order valence-corrected chi connectivity index (χ0v) is 27.1. The van der Waals surface area contributed by atoms with E-state index in [0.29, 0.717) is 29.6 Å². The van der Waals surface area contributed by atoms with Crippen molar-refractivity contribution < 1.29 is 28.8 Å². The Labute approximate surface area is 273 Å². The molecule has 4 atom stereocenters. The Morgan fingerprint density at radius 1 is 0.915 bits per heavy atom. The van der Waals surface area contributed by atoms with Crippen LogP contribution in [0.5, 0.6) is 11.6 Å². The van der Waals surface area contributed by atoms with E-state index in [-0.39, 0.29) is 6.61 Å². The molecule has 47 heavy (non-hydrogen) atoms. The summed E-state index contributed by atoms with van der Waals surface area (Å²) in [6.45, 7) is 7.69. The highest BCUT2D eigenvalue weighted by molar-refractivity contribution is 5.78. The Morgan fingerprint density at radius 3 is 2.15 bits per heavy atom. The molecule has 11 nitrogen and oxygen atoms in total. The predicted octanol–water partition coefficient (Wildman–Crippen LogP) is 5.44. The molecule has 0 amide bonds. The number of aliphatic hydroxyl groups is 1. The number of aliphatic hydroxyl groups excluding tert-OH is 1. The zero-order chi connectivity index (χ0) is 32.8.